The fourth-order valence-corrected chi connectivity index (χ4v) is 1.97. The first kappa shape index (κ1) is 10.8. The van der Waals surface area contributed by atoms with Gasteiger partial charge in [-0.3, -0.25) is 9.69 Å². The van der Waals surface area contributed by atoms with Gasteiger partial charge in [0.2, 0.25) is 5.91 Å². The molecule has 80 valence electrons. The van der Waals surface area contributed by atoms with Crippen molar-refractivity contribution in [2.24, 2.45) is 0 Å². The second-order valence-corrected chi connectivity index (χ2v) is 4.32. The van der Waals surface area contributed by atoms with Gasteiger partial charge in [0, 0.05) is 0 Å². The molecule has 15 heavy (non-hydrogen) atoms. The number of anilines is 1. The van der Waals surface area contributed by atoms with E-state index >= 15 is 0 Å². The molecule has 2 heterocycles. The predicted octanol–water partition coefficient (Wildman–Crippen LogP) is 0.990. The minimum absolute atomic E-state index is 0.119. The summed E-state index contributed by atoms with van der Waals surface area (Å²) in [6.45, 7) is 0.241. The number of carbonyl (C=O) groups excluding carboxylic acids is 1. The largest absolute Gasteiger partial charge is 0.391 e. The smallest absolute Gasteiger partial charge is 0.230 e. The van der Waals surface area contributed by atoms with Gasteiger partial charge >= 0.3 is 0 Å². The quantitative estimate of drug-likeness (QED) is 0.784. The molecular weight excluding hydrogens is 285 g/mol. The molecule has 0 bridgehead atoms. The Morgan fingerprint density at radius 3 is 2.93 bits per heavy atom. The molecule has 1 amide bonds. The number of β-amino-alcohol motifs (C(OH)–C–C–N with tert-alkyl or cyclic N) is 1. The lowest BCUT2D eigenvalue weighted by Crippen LogP contribution is -2.26. The van der Waals surface area contributed by atoms with Crippen LogP contribution in [0.4, 0.5) is 5.82 Å². The number of aliphatic hydroxyl groups is 1. The number of rotatable bonds is 1. The highest BCUT2D eigenvalue weighted by molar-refractivity contribution is 9.10. The van der Waals surface area contributed by atoms with Crippen molar-refractivity contribution < 1.29 is 9.90 Å². The van der Waals surface area contributed by atoms with Gasteiger partial charge in [0.15, 0.2) is 5.82 Å². The van der Waals surface area contributed by atoms with Crippen molar-refractivity contribution in [3.05, 3.63) is 16.0 Å². The van der Waals surface area contributed by atoms with E-state index in [1.54, 1.807) is 0 Å². The molecule has 7 heteroatoms. The maximum absolute atomic E-state index is 11.5. The molecule has 0 aromatic carbocycles. The number of aliphatic hydroxyl groups excluding tert-OH is 1. The van der Waals surface area contributed by atoms with Gasteiger partial charge in [-0.2, -0.15) is 0 Å². The van der Waals surface area contributed by atoms with E-state index in [-0.39, 0.29) is 24.0 Å². The van der Waals surface area contributed by atoms with Crippen molar-refractivity contribution in [3.63, 3.8) is 0 Å². The molecule has 0 aliphatic carbocycles. The maximum Gasteiger partial charge on any atom is 0.230 e. The average molecular weight is 293 g/mol. The summed E-state index contributed by atoms with van der Waals surface area (Å²) in [6, 6.07) is 0. The first-order chi connectivity index (χ1) is 7.09. The Morgan fingerprint density at radius 1 is 1.60 bits per heavy atom. The summed E-state index contributed by atoms with van der Waals surface area (Å²) in [6.07, 6.45) is 0.757. The lowest BCUT2D eigenvalue weighted by molar-refractivity contribution is -0.117. The SMILES string of the molecule is O=C1CC(O)CN1c1ncnc(Cl)c1Br. The van der Waals surface area contributed by atoms with Crippen LogP contribution in [0.15, 0.2) is 10.8 Å². The number of amides is 1. The third-order valence-corrected chi connectivity index (χ3v) is 3.33. The summed E-state index contributed by atoms with van der Waals surface area (Å²) in [5.74, 6) is 0.231. The average Bonchev–Trinajstić information content (AvgIpc) is 2.50. The molecule has 2 rings (SSSR count). The van der Waals surface area contributed by atoms with Crippen molar-refractivity contribution in [2.45, 2.75) is 12.5 Å². The van der Waals surface area contributed by atoms with Crippen LogP contribution in [0.2, 0.25) is 5.15 Å². The molecule has 1 saturated heterocycles. The number of carbonyl (C=O) groups is 1. The monoisotopic (exact) mass is 291 g/mol. The zero-order chi connectivity index (χ0) is 11.0. The number of nitrogens with zero attached hydrogens (tertiary/aromatic N) is 3. The van der Waals surface area contributed by atoms with Crippen LogP contribution < -0.4 is 4.90 Å². The van der Waals surface area contributed by atoms with Crippen LogP contribution in [0.5, 0.6) is 0 Å². The van der Waals surface area contributed by atoms with Gasteiger partial charge in [0.25, 0.3) is 0 Å². The first-order valence-electron chi connectivity index (χ1n) is 4.24. The Morgan fingerprint density at radius 2 is 2.33 bits per heavy atom. The number of halogens is 2. The van der Waals surface area contributed by atoms with Gasteiger partial charge in [-0.1, -0.05) is 11.6 Å². The highest BCUT2D eigenvalue weighted by Crippen LogP contribution is 2.31. The van der Waals surface area contributed by atoms with Gasteiger partial charge in [-0.05, 0) is 15.9 Å². The molecule has 1 aromatic rings. The second kappa shape index (κ2) is 4.03. The number of hydrogen-bond donors (Lipinski definition) is 1. The Bertz CT molecular complexity index is 415. The van der Waals surface area contributed by atoms with E-state index in [1.165, 1.54) is 11.2 Å². The molecule has 1 fully saturated rings. The van der Waals surface area contributed by atoms with E-state index in [4.69, 9.17) is 11.6 Å². The Balaban J connectivity index is 2.38. The fraction of sp³-hybridized carbons (Fsp3) is 0.375. The van der Waals surface area contributed by atoms with Crippen LogP contribution in [-0.2, 0) is 4.79 Å². The van der Waals surface area contributed by atoms with Crippen LogP contribution in [0, 0.1) is 0 Å². The fourth-order valence-electron chi connectivity index (χ4n) is 1.42. The van der Waals surface area contributed by atoms with Crippen LogP contribution in [0.25, 0.3) is 0 Å². The first-order valence-corrected chi connectivity index (χ1v) is 5.41. The topological polar surface area (TPSA) is 66.3 Å². The standard InChI is InChI=1S/C8H7BrClN3O2/c9-6-7(10)11-3-12-8(6)13-2-4(14)1-5(13)15/h3-4,14H,1-2H2. The third kappa shape index (κ3) is 1.97. The van der Waals surface area contributed by atoms with Gasteiger partial charge < -0.3 is 5.11 Å². The summed E-state index contributed by atoms with van der Waals surface area (Å²) in [4.78, 5) is 20.6. The van der Waals surface area contributed by atoms with E-state index in [1.807, 2.05) is 0 Å². The van der Waals surface area contributed by atoms with Crippen LogP contribution in [0.3, 0.4) is 0 Å². The van der Waals surface area contributed by atoms with E-state index < -0.39 is 6.10 Å². The molecule has 1 N–H and O–H groups in total. The molecular formula is C8H7BrClN3O2. The summed E-state index contributed by atoms with van der Waals surface area (Å²) in [7, 11) is 0. The normalized spacial score (nSPS) is 21.1. The predicted molar refractivity (Wildman–Crippen MR) is 57.7 cm³/mol. The Labute approximate surface area is 99.2 Å². The van der Waals surface area contributed by atoms with Crippen molar-refractivity contribution in [1.29, 1.82) is 0 Å². The lowest BCUT2D eigenvalue weighted by Gasteiger charge is -2.15. The summed E-state index contributed by atoms with van der Waals surface area (Å²) < 4.78 is 0.467. The molecule has 1 aliphatic heterocycles. The molecule has 5 nitrogen and oxygen atoms in total. The molecule has 0 radical (unpaired) electrons. The highest BCUT2D eigenvalue weighted by Gasteiger charge is 2.31. The van der Waals surface area contributed by atoms with E-state index in [0.29, 0.717) is 10.3 Å². The zero-order valence-electron chi connectivity index (χ0n) is 7.52. The molecule has 1 unspecified atom stereocenters. The van der Waals surface area contributed by atoms with Crippen molar-refractivity contribution in [3.8, 4) is 0 Å². The Hall–Kier alpha value is -0.720. The third-order valence-electron chi connectivity index (χ3n) is 2.09. The van der Waals surface area contributed by atoms with Crippen LogP contribution >= 0.6 is 27.5 Å². The van der Waals surface area contributed by atoms with Crippen molar-refractivity contribution in [2.75, 3.05) is 11.4 Å². The van der Waals surface area contributed by atoms with Crippen LogP contribution in [-0.4, -0.2) is 33.6 Å². The van der Waals surface area contributed by atoms with Gasteiger partial charge in [0.1, 0.15) is 11.5 Å². The van der Waals surface area contributed by atoms with Gasteiger partial charge in [-0.25, -0.2) is 9.97 Å². The minimum Gasteiger partial charge on any atom is -0.391 e. The lowest BCUT2D eigenvalue weighted by atomic mass is 10.3. The van der Waals surface area contributed by atoms with E-state index in [0.717, 1.165) is 0 Å². The van der Waals surface area contributed by atoms with E-state index in [2.05, 4.69) is 25.9 Å². The minimum atomic E-state index is -0.641. The van der Waals surface area contributed by atoms with Gasteiger partial charge in [-0.15, -0.1) is 0 Å². The second-order valence-electron chi connectivity index (χ2n) is 3.16. The molecule has 1 aromatic heterocycles. The Kier molecular flexibility index (Phi) is 2.90. The molecule has 0 spiro atoms. The summed E-state index contributed by atoms with van der Waals surface area (Å²) in [5.41, 5.74) is 0. The van der Waals surface area contributed by atoms with Gasteiger partial charge in [0.05, 0.1) is 23.5 Å². The maximum atomic E-state index is 11.5. The zero-order valence-corrected chi connectivity index (χ0v) is 9.86. The van der Waals surface area contributed by atoms with Crippen molar-refractivity contribution in [1.82, 2.24) is 9.97 Å². The van der Waals surface area contributed by atoms with Crippen LogP contribution in [0.1, 0.15) is 6.42 Å². The van der Waals surface area contributed by atoms with E-state index in [9.17, 15) is 9.90 Å². The number of hydrogen-bond acceptors (Lipinski definition) is 4. The van der Waals surface area contributed by atoms with Crippen molar-refractivity contribution >= 4 is 39.3 Å². The molecule has 1 aliphatic rings. The molecule has 0 saturated carbocycles. The molecule has 1 atom stereocenters. The summed E-state index contributed by atoms with van der Waals surface area (Å²) >= 11 is 8.98. The highest BCUT2D eigenvalue weighted by atomic mass is 79.9. The summed E-state index contributed by atoms with van der Waals surface area (Å²) in [5, 5.41) is 9.58. The number of aromatic nitrogens is 2.